The van der Waals surface area contributed by atoms with E-state index in [0.717, 1.165) is 24.2 Å². The van der Waals surface area contributed by atoms with E-state index in [0.29, 0.717) is 31.4 Å². The summed E-state index contributed by atoms with van der Waals surface area (Å²) in [4.78, 5) is 34.8. The van der Waals surface area contributed by atoms with Crippen LogP contribution in [0.15, 0.2) is 72.2 Å². The van der Waals surface area contributed by atoms with Crippen LogP contribution >= 0.6 is 11.3 Å². The number of hydrogen-bond donors (Lipinski definition) is 1. The topological polar surface area (TPSA) is 74.8 Å². The molecule has 1 fully saturated rings. The number of hydrogen-bond acceptors (Lipinski definition) is 6. The summed E-state index contributed by atoms with van der Waals surface area (Å²) in [7, 11) is 0. The van der Waals surface area contributed by atoms with Gasteiger partial charge in [0.2, 0.25) is 11.8 Å². The van der Waals surface area contributed by atoms with Gasteiger partial charge in [-0.25, -0.2) is 4.98 Å². The van der Waals surface area contributed by atoms with Crippen molar-refractivity contribution < 1.29 is 14.3 Å². The maximum absolute atomic E-state index is 13.9. The molecule has 33 heavy (non-hydrogen) atoms. The Morgan fingerprint density at radius 1 is 1.03 bits per heavy atom. The van der Waals surface area contributed by atoms with E-state index in [1.807, 2.05) is 60.7 Å². The van der Waals surface area contributed by atoms with Crippen LogP contribution in [0.3, 0.4) is 0 Å². The molecule has 0 bridgehead atoms. The Morgan fingerprint density at radius 3 is 2.24 bits per heavy atom. The molecule has 0 spiro atoms. The van der Waals surface area contributed by atoms with Crippen LogP contribution in [0.1, 0.15) is 17.0 Å². The lowest BCUT2D eigenvalue weighted by molar-refractivity contribution is -0.135. The molecule has 1 aliphatic heterocycles. The first kappa shape index (κ1) is 23.1. The van der Waals surface area contributed by atoms with Gasteiger partial charge in [0, 0.05) is 37.8 Å². The quantitative estimate of drug-likeness (QED) is 0.527. The molecule has 4 rings (SSSR count). The summed E-state index contributed by atoms with van der Waals surface area (Å²) in [6, 6.07) is 19.5. The second-order valence-corrected chi connectivity index (χ2v) is 8.75. The van der Waals surface area contributed by atoms with Crippen LogP contribution in [-0.2, 0) is 14.3 Å². The van der Waals surface area contributed by atoms with Crippen molar-refractivity contribution in [2.24, 2.45) is 0 Å². The maximum atomic E-state index is 13.9. The number of rotatable bonds is 9. The molecule has 0 radical (unpaired) electrons. The number of benzene rings is 2. The number of nitrogens with zero attached hydrogens (tertiary/aromatic N) is 3. The van der Waals surface area contributed by atoms with Gasteiger partial charge < -0.3 is 15.0 Å². The number of ether oxygens (including phenoxy) is 1. The van der Waals surface area contributed by atoms with Gasteiger partial charge in [0.1, 0.15) is 0 Å². The summed E-state index contributed by atoms with van der Waals surface area (Å²) in [5.74, 6) is -0.820. The van der Waals surface area contributed by atoms with E-state index in [4.69, 9.17) is 4.74 Å². The van der Waals surface area contributed by atoms with Gasteiger partial charge in [0.15, 0.2) is 5.13 Å². The van der Waals surface area contributed by atoms with Crippen LogP contribution in [0.4, 0.5) is 5.13 Å². The third-order valence-corrected chi connectivity index (χ3v) is 6.32. The van der Waals surface area contributed by atoms with Crippen molar-refractivity contribution in [1.29, 1.82) is 0 Å². The van der Waals surface area contributed by atoms with Gasteiger partial charge in [-0.15, -0.1) is 11.3 Å². The van der Waals surface area contributed by atoms with Gasteiger partial charge in [-0.05, 0) is 11.1 Å². The van der Waals surface area contributed by atoms with Crippen molar-refractivity contribution in [3.8, 4) is 0 Å². The molecule has 7 nitrogen and oxygen atoms in total. The molecule has 2 heterocycles. The zero-order valence-corrected chi connectivity index (χ0v) is 19.2. The predicted octanol–water partition coefficient (Wildman–Crippen LogP) is 3.07. The summed E-state index contributed by atoms with van der Waals surface area (Å²) >= 11 is 1.35. The van der Waals surface area contributed by atoms with Crippen LogP contribution in [0.25, 0.3) is 0 Å². The van der Waals surface area contributed by atoms with Crippen LogP contribution in [0.5, 0.6) is 0 Å². The van der Waals surface area contributed by atoms with E-state index < -0.39 is 5.92 Å². The Kier molecular flexibility index (Phi) is 8.19. The van der Waals surface area contributed by atoms with Crippen molar-refractivity contribution in [1.82, 2.24) is 14.8 Å². The second-order valence-electron chi connectivity index (χ2n) is 7.85. The Morgan fingerprint density at radius 2 is 1.67 bits per heavy atom. The monoisotopic (exact) mass is 464 g/mol. The van der Waals surface area contributed by atoms with E-state index in [1.54, 1.807) is 16.5 Å². The number of anilines is 1. The molecule has 1 saturated heterocycles. The number of carbonyl (C=O) groups is 2. The minimum Gasteiger partial charge on any atom is -0.379 e. The van der Waals surface area contributed by atoms with Crippen molar-refractivity contribution in [3.63, 3.8) is 0 Å². The van der Waals surface area contributed by atoms with Gasteiger partial charge in [-0.1, -0.05) is 60.7 Å². The van der Waals surface area contributed by atoms with Gasteiger partial charge in [0.25, 0.3) is 0 Å². The summed E-state index contributed by atoms with van der Waals surface area (Å²) in [5.41, 5.74) is 1.82. The predicted molar refractivity (Wildman–Crippen MR) is 129 cm³/mol. The number of thiazole rings is 1. The first-order valence-electron chi connectivity index (χ1n) is 11.1. The number of amides is 2. The van der Waals surface area contributed by atoms with Crippen LogP contribution < -0.4 is 5.32 Å². The lowest BCUT2D eigenvalue weighted by atomic mass is 9.90. The third-order valence-electron chi connectivity index (χ3n) is 5.63. The first-order valence-corrected chi connectivity index (χ1v) is 12.0. The molecule has 2 aromatic carbocycles. The highest BCUT2D eigenvalue weighted by Gasteiger charge is 2.29. The molecule has 1 aliphatic rings. The lowest BCUT2D eigenvalue weighted by Crippen LogP contribution is -2.46. The fourth-order valence-corrected chi connectivity index (χ4v) is 4.47. The fourth-order valence-electron chi connectivity index (χ4n) is 3.92. The van der Waals surface area contributed by atoms with Crippen molar-refractivity contribution in [2.75, 3.05) is 51.3 Å². The third kappa shape index (κ3) is 6.47. The number of aromatic nitrogens is 1. The summed E-state index contributed by atoms with van der Waals surface area (Å²) < 4.78 is 5.44. The van der Waals surface area contributed by atoms with Gasteiger partial charge in [-0.3, -0.25) is 14.5 Å². The Bertz CT molecular complexity index is 969. The van der Waals surface area contributed by atoms with Crippen LogP contribution in [0.2, 0.25) is 0 Å². The molecule has 2 amide bonds. The zero-order chi connectivity index (χ0) is 22.9. The molecule has 0 aliphatic carbocycles. The standard InChI is InChI=1S/C25H28N4O3S/c30-22(27-25-26-11-18-33-25)19-29(13-12-28-14-16-32-17-15-28)24(31)23(20-7-3-1-4-8-20)21-9-5-2-6-10-21/h1-11,18,23H,12-17,19H2,(H,26,27,30). The maximum Gasteiger partial charge on any atom is 0.245 e. The van der Waals surface area contributed by atoms with Crippen LogP contribution in [0, 0.1) is 0 Å². The van der Waals surface area contributed by atoms with Gasteiger partial charge >= 0.3 is 0 Å². The van der Waals surface area contributed by atoms with E-state index in [9.17, 15) is 9.59 Å². The van der Waals surface area contributed by atoms with E-state index >= 15 is 0 Å². The van der Waals surface area contributed by atoms with Crippen molar-refractivity contribution in [2.45, 2.75) is 5.92 Å². The Balaban J connectivity index is 1.56. The summed E-state index contributed by atoms with van der Waals surface area (Å²) in [5, 5.41) is 5.14. The highest BCUT2D eigenvalue weighted by molar-refractivity contribution is 7.13. The number of morpholine rings is 1. The van der Waals surface area contributed by atoms with E-state index in [2.05, 4.69) is 15.2 Å². The van der Waals surface area contributed by atoms with Crippen LogP contribution in [-0.4, -0.2) is 72.5 Å². The molecular formula is C25H28N4O3S. The smallest absolute Gasteiger partial charge is 0.245 e. The number of nitrogens with one attached hydrogen (secondary N) is 1. The van der Waals surface area contributed by atoms with Crippen molar-refractivity contribution in [3.05, 3.63) is 83.4 Å². The SMILES string of the molecule is O=C(CN(CCN1CCOCC1)C(=O)C(c1ccccc1)c1ccccc1)Nc1nccs1. The molecule has 0 unspecified atom stereocenters. The molecule has 0 atom stereocenters. The summed E-state index contributed by atoms with van der Waals surface area (Å²) in [6.07, 6.45) is 1.64. The molecular weight excluding hydrogens is 436 g/mol. The van der Waals surface area contributed by atoms with Gasteiger partial charge in [0.05, 0.1) is 25.7 Å². The molecule has 1 aromatic heterocycles. The summed E-state index contributed by atoms with van der Waals surface area (Å²) in [6.45, 7) is 4.15. The molecule has 0 saturated carbocycles. The number of carbonyl (C=O) groups excluding carboxylic acids is 2. The first-order chi connectivity index (χ1) is 16.2. The fraction of sp³-hybridized carbons (Fsp3) is 0.320. The average molecular weight is 465 g/mol. The molecule has 1 N–H and O–H groups in total. The zero-order valence-electron chi connectivity index (χ0n) is 18.4. The lowest BCUT2D eigenvalue weighted by Gasteiger charge is -2.32. The minimum atomic E-state index is -0.482. The van der Waals surface area contributed by atoms with Crippen molar-refractivity contribution >= 4 is 28.3 Å². The Labute approximate surface area is 198 Å². The molecule has 3 aromatic rings. The molecule has 172 valence electrons. The second kappa shape index (κ2) is 11.7. The normalized spacial score (nSPS) is 14.2. The Hall–Kier alpha value is -3.07. The molecule has 8 heteroatoms. The van der Waals surface area contributed by atoms with Gasteiger partial charge in [-0.2, -0.15) is 0 Å². The van der Waals surface area contributed by atoms with E-state index in [1.165, 1.54) is 11.3 Å². The highest BCUT2D eigenvalue weighted by Crippen LogP contribution is 2.27. The average Bonchev–Trinajstić information content (AvgIpc) is 3.37. The minimum absolute atomic E-state index is 0.0288. The largest absolute Gasteiger partial charge is 0.379 e. The van der Waals surface area contributed by atoms with E-state index in [-0.39, 0.29) is 18.4 Å². The highest BCUT2D eigenvalue weighted by atomic mass is 32.1.